The van der Waals surface area contributed by atoms with Gasteiger partial charge in [-0.15, -0.1) is 17.7 Å². The molecule has 5 aromatic rings. The van der Waals surface area contributed by atoms with Crippen LogP contribution in [0.4, 0.5) is 0 Å². The van der Waals surface area contributed by atoms with E-state index in [4.69, 9.17) is 0 Å². The first-order valence-electron chi connectivity index (χ1n) is 19.3. The standard InChI is InChI=1S/C50H57P5/c1-26-16-31(6)41(32(7)17-26)46-47(42-33(8)18-27(2)19-34(42)9)55(49(52)44-37(12)22-29(4)23-38(44)13)53-50(45-39(14)24-30(5)25-40(45)15)54(46)48(51)43-35(10)20-28(3)21-36(43)11/h16-25,51-52H,1-15H3. The van der Waals surface area contributed by atoms with Crippen molar-refractivity contribution < 1.29 is 0 Å². The van der Waals surface area contributed by atoms with Crippen molar-refractivity contribution in [2.45, 2.75) is 104 Å². The fraction of sp³-hybridized carbons (Fsp3) is 0.300. The summed E-state index contributed by atoms with van der Waals surface area (Å²) in [4.78, 5) is 0. The predicted molar refractivity (Wildman–Crippen MR) is 260 cm³/mol. The summed E-state index contributed by atoms with van der Waals surface area (Å²) in [7, 11) is 8.54. The number of hydrogen-bond donors (Lipinski definition) is 0. The second-order valence-electron chi connectivity index (χ2n) is 16.3. The Hall–Kier alpha value is -2.79. The van der Waals surface area contributed by atoms with Gasteiger partial charge in [0.15, 0.2) is 0 Å². The Kier molecular flexibility index (Phi) is 12.3. The van der Waals surface area contributed by atoms with Gasteiger partial charge in [0.2, 0.25) is 0 Å². The average molecular weight is 813 g/mol. The first-order chi connectivity index (χ1) is 25.8. The summed E-state index contributed by atoms with van der Waals surface area (Å²) in [5, 5.41) is 7.20. The van der Waals surface area contributed by atoms with E-state index in [1.807, 2.05) is 0 Å². The van der Waals surface area contributed by atoms with Gasteiger partial charge in [0.05, 0.1) is 0 Å². The van der Waals surface area contributed by atoms with E-state index in [0.29, 0.717) is 0 Å². The highest BCUT2D eigenvalue weighted by Gasteiger charge is 2.41. The minimum absolute atomic E-state index is 0.938. The predicted octanol–water partition coefficient (Wildman–Crippen LogP) is 15.8. The van der Waals surface area contributed by atoms with E-state index in [1.165, 1.54) is 140 Å². The lowest BCUT2D eigenvalue weighted by Crippen LogP contribution is -2.16. The lowest BCUT2D eigenvalue weighted by molar-refractivity contribution is 1.29. The maximum Gasteiger partial charge on any atom is 0.0210 e. The van der Waals surface area contributed by atoms with Gasteiger partial charge in [-0.05, 0) is 195 Å². The first kappa shape index (κ1) is 41.8. The van der Waals surface area contributed by atoms with E-state index >= 15 is 0 Å². The molecule has 6 rings (SSSR count). The number of rotatable bonds is 7. The highest BCUT2D eigenvalue weighted by Crippen LogP contribution is 2.78. The monoisotopic (exact) mass is 812 g/mol. The van der Waals surface area contributed by atoms with E-state index in [1.54, 1.807) is 5.03 Å². The van der Waals surface area contributed by atoms with Crippen LogP contribution in [0.1, 0.15) is 111 Å². The summed E-state index contributed by atoms with van der Waals surface area (Å²) in [5.74, 6) is 0. The van der Waals surface area contributed by atoms with Gasteiger partial charge in [-0.2, -0.15) is 0 Å². The number of hydrogen-bond acceptors (Lipinski definition) is 0. The summed E-state index contributed by atoms with van der Waals surface area (Å²) >= 11 is 0. The van der Waals surface area contributed by atoms with Crippen LogP contribution in [0.15, 0.2) is 60.7 Å². The largest absolute Gasteiger partial charge is 0.112 e. The molecule has 0 bridgehead atoms. The molecule has 2 atom stereocenters. The molecule has 0 saturated heterocycles. The van der Waals surface area contributed by atoms with E-state index in [-0.39, 0.29) is 0 Å². The Morgan fingerprint density at radius 1 is 0.364 bits per heavy atom. The smallest absolute Gasteiger partial charge is 0.0210 e. The molecule has 0 spiro atoms. The van der Waals surface area contributed by atoms with Crippen molar-refractivity contribution >= 4 is 66.9 Å². The van der Waals surface area contributed by atoms with E-state index in [2.05, 4.69) is 182 Å². The first-order valence-corrected chi connectivity index (χ1v) is 24.6. The topological polar surface area (TPSA) is 0 Å². The molecule has 0 aliphatic carbocycles. The van der Waals surface area contributed by atoms with Crippen LogP contribution in [0, 0.1) is 104 Å². The quantitative estimate of drug-likeness (QED) is 0.144. The van der Waals surface area contributed by atoms with Crippen molar-refractivity contribution in [2.75, 3.05) is 0 Å². The van der Waals surface area contributed by atoms with Gasteiger partial charge in [-0.3, -0.25) is 0 Å². The lowest BCUT2D eigenvalue weighted by Gasteiger charge is -2.39. The van der Waals surface area contributed by atoms with Gasteiger partial charge in [-0.25, -0.2) is 0 Å². The molecular formula is C50H57P5. The molecule has 0 saturated carbocycles. The zero-order valence-electron chi connectivity index (χ0n) is 35.6. The van der Waals surface area contributed by atoms with Gasteiger partial charge < -0.3 is 0 Å². The van der Waals surface area contributed by atoms with Crippen molar-refractivity contribution in [2.24, 2.45) is 0 Å². The minimum Gasteiger partial charge on any atom is -0.112 e. The third-order valence-electron chi connectivity index (χ3n) is 11.1. The van der Waals surface area contributed by atoms with Crippen molar-refractivity contribution in [1.82, 2.24) is 0 Å². The van der Waals surface area contributed by atoms with E-state index < -0.39 is 15.5 Å². The fourth-order valence-corrected chi connectivity index (χ4v) is 23.0. The van der Waals surface area contributed by atoms with Crippen LogP contribution in [0.2, 0.25) is 0 Å². The fourth-order valence-electron chi connectivity index (χ4n) is 9.46. The normalized spacial score (nSPS) is 16.0. The van der Waals surface area contributed by atoms with Crippen molar-refractivity contribution in [1.29, 1.82) is 0 Å². The van der Waals surface area contributed by atoms with Crippen molar-refractivity contribution in [3.63, 3.8) is 0 Å². The summed E-state index contributed by atoms with van der Waals surface area (Å²) in [6, 6.07) is 23.9. The van der Waals surface area contributed by atoms with Crippen molar-refractivity contribution in [3.05, 3.63) is 172 Å². The van der Waals surface area contributed by atoms with Gasteiger partial charge in [0.25, 0.3) is 0 Å². The maximum absolute atomic E-state index is 4.61. The lowest BCUT2D eigenvalue weighted by atomic mass is 9.95. The molecule has 0 fully saturated rings. The zero-order valence-corrected chi connectivity index (χ0v) is 40.3. The summed E-state index contributed by atoms with van der Waals surface area (Å²) in [6.07, 6.45) is 0. The SMILES string of the molecule is Cc1cc(C)c(C(=P)P2P=C(c3c(C)cc(C)cc3C)P(C(=P)c3c(C)cc(C)cc3C)C(c3c(C)cc(C)cc3C)=C2c2c(C)cc(C)cc2C)c(C)c1. The van der Waals surface area contributed by atoms with Crippen LogP contribution in [-0.2, 0) is 0 Å². The minimum atomic E-state index is -1.06. The molecule has 0 N–H and O–H groups in total. The Labute approximate surface area is 341 Å². The Morgan fingerprint density at radius 2 is 0.636 bits per heavy atom. The van der Waals surface area contributed by atoms with Crippen LogP contribution >= 0.6 is 41.2 Å². The molecule has 0 aromatic heterocycles. The molecule has 0 amide bonds. The molecule has 0 radical (unpaired) electrons. The third kappa shape index (κ3) is 7.91. The molecule has 0 nitrogen and oxygen atoms in total. The van der Waals surface area contributed by atoms with Gasteiger partial charge in [0, 0.05) is 33.3 Å². The number of aryl methyl sites for hydroxylation is 15. The van der Waals surface area contributed by atoms with Crippen LogP contribution in [0.3, 0.4) is 0 Å². The van der Waals surface area contributed by atoms with Crippen LogP contribution in [-0.4, -0.2) is 15.1 Å². The second kappa shape index (κ2) is 16.2. The van der Waals surface area contributed by atoms with E-state index in [9.17, 15) is 0 Å². The maximum atomic E-state index is 4.61. The third-order valence-corrected chi connectivity index (χ3v) is 21.8. The highest BCUT2D eigenvalue weighted by atomic mass is 32.0. The molecule has 1 aliphatic rings. The Bertz CT molecular complexity index is 2410. The van der Waals surface area contributed by atoms with Crippen LogP contribution in [0.25, 0.3) is 10.6 Å². The molecule has 5 aromatic carbocycles. The number of benzene rings is 5. The van der Waals surface area contributed by atoms with Gasteiger partial charge >= 0.3 is 0 Å². The molecule has 1 heterocycles. The summed E-state index contributed by atoms with van der Waals surface area (Å²) in [5.41, 5.74) is 26.9. The van der Waals surface area contributed by atoms with Gasteiger partial charge in [-0.1, -0.05) is 96.4 Å². The van der Waals surface area contributed by atoms with E-state index in [0.717, 1.165) is 0 Å². The molecular weight excluding hydrogens is 755 g/mol. The van der Waals surface area contributed by atoms with Crippen LogP contribution < -0.4 is 0 Å². The molecule has 282 valence electrons. The summed E-state index contributed by atoms with van der Waals surface area (Å²) in [6.45, 7) is 34.4. The van der Waals surface area contributed by atoms with Gasteiger partial charge in [0.1, 0.15) is 0 Å². The highest BCUT2D eigenvalue weighted by molar-refractivity contribution is 8.40. The summed E-state index contributed by atoms with van der Waals surface area (Å²) < 4.78 is 0. The Morgan fingerprint density at radius 3 is 0.982 bits per heavy atom. The average Bonchev–Trinajstić information content (AvgIpc) is 3.02. The Balaban J connectivity index is 1.90. The molecule has 55 heavy (non-hydrogen) atoms. The second-order valence-corrected chi connectivity index (χ2v) is 24.5. The van der Waals surface area contributed by atoms with Crippen LogP contribution in [0.5, 0.6) is 0 Å². The molecule has 5 heteroatoms. The zero-order chi connectivity index (χ0) is 40.4. The molecule has 2 unspecified atom stereocenters. The van der Waals surface area contributed by atoms with Crippen molar-refractivity contribution in [3.8, 4) is 0 Å². The molecule has 1 aliphatic heterocycles.